The number of rotatable bonds is 3. The monoisotopic (exact) mass is 362 g/mol. The van der Waals surface area contributed by atoms with E-state index < -0.39 is 12.1 Å². The van der Waals surface area contributed by atoms with Crippen molar-refractivity contribution >= 4 is 17.5 Å². The van der Waals surface area contributed by atoms with Crippen molar-refractivity contribution < 1.29 is 9.59 Å². The lowest BCUT2D eigenvalue weighted by molar-refractivity contribution is -0.123. The highest BCUT2D eigenvalue weighted by Crippen LogP contribution is 2.33. The number of hydrogen-bond acceptors (Lipinski definition) is 5. The van der Waals surface area contributed by atoms with Gasteiger partial charge in [-0.1, -0.05) is 35.1 Å². The fourth-order valence-corrected chi connectivity index (χ4v) is 3.62. The first-order valence-corrected chi connectivity index (χ1v) is 9.05. The molecule has 2 aromatic rings. The van der Waals surface area contributed by atoms with Crippen molar-refractivity contribution in [1.82, 2.24) is 5.01 Å². The summed E-state index contributed by atoms with van der Waals surface area (Å²) in [6.45, 7) is 8.49. The average molecular weight is 362 g/mol. The van der Waals surface area contributed by atoms with E-state index in [2.05, 4.69) is 28.5 Å². The van der Waals surface area contributed by atoms with Crippen LogP contribution >= 0.6 is 0 Å². The van der Waals surface area contributed by atoms with Crippen LogP contribution in [-0.4, -0.2) is 28.9 Å². The van der Waals surface area contributed by atoms with Crippen molar-refractivity contribution in [3.05, 3.63) is 64.2 Å². The van der Waals surface area contributed by atoms with E-state index in [9.17, 15) is 9.59 Å². The number of carbonyl (C=O) groups is 2. The minimum Gasteiger partial charge on any atom is -0.271 e. The lowest BCUT2D eigenvalue weighted by Crippen LogP contribution is -2.39. The van der Waals surface area contributed by atoms with Crippen molar-refractivity contribution in [2.75, 3.05) is 4.90 Å². The summed E-state index contributed by atoms with van der Waals surface area (Å²) in [5.74, 6) is -0.566. The highest BCUT2D eigenvalue weighted by Gasteiger charge is 2.54. The van der Waals surface area contributed by atoms with Gasteiger partial charge in [-0.25, -0.2) is 4.90 Å². The first kappa shape index (κ1) is 17.4. The van der Waals surface area contributed by atoms with Gasteiger partial charge in [0, 0.05) is 0 Å². The molecule has 0 radical (unpaired) electrons. The molecule has 138 valence electrons. The number of hydrogen-bond donors (Lipinski definition) is 0. The van der Waals surface area contributed by atoms with E-state index in [1.54, 1.807) is 5.01 Å². The van der Waals surface area contributed by atoms with Gasteiger partial charge < -0.3 is 0 Å². The van der Waals surface area contributed by atoms with Crippen LogP contribution in [0.25, 0.3) is 0 Å². The van der Waals surface area contributed by atoms with Crippen LogP contribution in [0.3, 0.4) is 0 Å². The summed E-state index contributed by atoms with van der Waals surface area (Å²) < 4.78 is 0. The van der Waals surface area contributed by atoms with E-state index >= 15 is 0 Å². The van der Waals surface area contributed by atoms with Crippen molar-refractivity contribution in [3.8, 4) is 0 Å². The van der Waals surface area contributed by atoms with Gasteiger partial charge in [0.05, 0.1) is 12.2 Å². The minimum absolute atomic E-state index is 0.261. The third-order valence-electron chi connectivity index (χ3n) is 5.44. The Morgan fingerprint density at radius 2 is 1.63 bits per heavy atom. The molecular formula is C21H22N4O2. The third kappa shape index (κ3) is 2.81. The van der Waals surface area contributed by atoms with Crippen LogP contribution in [-0.2, 0) is 16.1 Å². The Bertz CT molecular complexity index is 982. The average Bonchev–Trinajstić information content (AvgIpc) is 3.14. The maximum Gasteiger partial charge on any atom is 0.263 e. The number of amides is 2. The SMILES string of the molecule is Cc1ccc(C)c(CN2N=N[C@H]3C(=O)N(c4ccc(C)c(C)c4)C(=O)[C@@H]32)c1. The van der Waals surface area contributed by atoms with Crippen molar-refractivity contribution in [2.24, 2.45) is 10.3 Å². The molecule has 0 aromatic heterocycles. The Balaban J connectivity index is 1.63. The molecule has 6 heteroatoms. The van der Waals surface area contributed by atoms with Gasteiger partial charge in [0.2, 0.25) is 0 Å². The Labute approximate surface area is 158 Å². The summed E-state index contributed by atoms with van der Waals surface area (Å²) in [6, 6.07) is 10.4. The predicted octanol–water partition coefficient (Wildman–Crippen LogP) is 3.41. The summed E-state index contributed by atoms with van der Waals surface area (Å²) in [7, 11) is 0. The number of imide groups is 1. The second-order valence-electron chi connectivity index (χ2n) is 7.40. The predicted molar refractivity (Wildman–Crippen MR) is 102 cm³/mol. The second-order valence-corrected chi connectivity index (χ2v) is 7.40. The molecule has 0 spiro atoms. The number of anilines is 1. The lowest BCUT2D eigenvalue weighted by Gasteiger charge is -2.22. The molecule has 0 bridgehead atoms. The van der Waals surface area contributed by atoms with E-state index in [1.807, 2.05) is 45.9 Å². The zero-order valence-corrected chi connectivity index (χ0v) is 15.9. The molecule has 2 amide bonds. The minimum atomic E-state index is -0.760. The van der Waals surface area contributed by atoms with Gasteiger partial charge in [0.15, 0.2) is 12.1 Å². The molecule has 2 aliphatic heterocycles. The second kappa shape index (κ2) is 6.30. The van der Waals surface area contributed by atoms with Crippen LogP contribution in [0.4, 0.5) is 5.69 Å². The third-order valence-corrected chi connectivity index (χ3v) is 5.44. The first-order chi connectivity index (χ1) is 12.9. The largest absolute Gasteiger partial charge is 0.271 e. The summed E-state index contributed by atoms with van der Waals surface area (Å²) in [4.78, 5) is 27.2. The Morgan fingerprint density at radius 1 is 0.889 bits per heavy atom. The fourth-order valence-electron chi connectivity index (χ4n) is 3.62. The summed E-state index contributed by atoms with van der Waals surface area (Å²) in [6.07, 6.45) is 0. The molecular weight excluding hydrogens is 340 g/mol. The van der Waals surface area contributed by atoms with Crippen LogP contribution in [0.5, 0.6) is 0 Å². The lowest BCUT2D eigenvalue weighted by atomic mass is 10.0. The smallest absolute Gasteiger partial charge is 0.263 e. The normalized spacial score (nSPS) is 21.3. The number of nitrogens with zero attached hydrogens (tertiary/aromatic N) is 4. The number of fused-ring (bicyclic) bond motifs is 1. The molecule has 1 saturated heterocycles. The maximum atomic E-state index is 13.1. The van der Waals surface area contributed by atoms with Crippen molar-refractivity contribution in [3.63, 3.8) is 0 Å². The molecule has 6 nitrogen and oxygen atoms in total. The molecule has 4 rings (SSSR count). The summed E-state index contributed by atoms with van der Waals surface area (Å²) >= 11 is 0. The molecule has 0 unspecified atom stereocenters. The molecule has 27 heavy (non-hydrogen) atoms. The van der Waals surface area contributed by atoms with Crippen molar-refractivity contribution in [2.45, 2.75) is 46.3 Å². The van der Waals surface area contributed by atoms with Gasteiger partial charge in [-0.2, -0.15) is 5.11 Å². The highest BCUT2D eigenvalue weighted by molar-refractivity contribution is 6.25. The number of carbonyl (C=O) groups excluding carboxylic acids is 2. The van der Waals surface area contributed by atoms with Gasteiger partial charge in [-0.05, 0) is 62.1 Å². The summed E-state index contributed by atoms with van der Waals surface area (Å²) in [5.41, 5.74) is 6.12. The summed E-state index contributed by atoms with van der Waals surface area (Å²) in [5, 5.41) is 9.90. The Kier molecular flexibility index (Phi) is 4.06. The molecule has 2 heterocycles. The van der Waals surface area contributed by atoms with Gasteiger partial charge in [0.1, 0.15) is 0 Å². The molecule has 1 fully saturated rings. The first-order valence-electron chi connectivity index (χ1n) is 9.05. The van der Waals surface area contributed by atoms with Crippen LogP contribution in [0.15, 0.2) is 46.7 Å². The number of aryl methyl sites for hydroxylation is 4. The molecule has 2 atom stereocenters. The van der Waals surface area contributed by atoms with Crippen LogP contribution in [0.1, 0.15) is 27.8 Å². The van der Waals surface area contributed by atoms with Crippen LogP contribution in [0, 0.1) is 27.7 Å². The molecule has 0 saturated carbocycles. The van der Waals surface area contributed by atoms with Gasteiger partial charge >= 0.3 is 0 Å². The van der Waals surface area contributed by atoms with E-state index in [-0.39, 0.29) is 11.8 Å². The molecule has 0 aliphatic carbocycles. The van der Waals surface area contributed by atoms with Gasteiger partial charge in [-0.3, -0.25) is 14.6 Å². The van der Waals surface area contributed by atoms with Gasteiger partial charge in [-0.15, -0.1) is 0 Å². The highest BCUT2D eigenvalue weighted by atomic mass is 16.2. The van der Waals surface area contributed by atoms with Crippen LogP contribution < -0.4 is 4.90 Å². The van der Waals surface area contributed by atoms with Crippen LogP contribution in [0.2, 0.25) is 0 Å². The quantitative estimate of drug-likeness (QED) is 0.786. The number of benzene rings is 2. The van der Waals surface area contributed by atoms with E-state index in [0.717, 1.165) is 27.8 Å². The maximum absolute atomic E-state index is 13.1. The van der Waals surface area contributed by atoms with Gasteiger partial charge in [0.25, 0.3) is 11.8 Å². The fraction of sp³-hybridized carbons (Fsp3) is 0.333. The topological polar surface area (TPSA) is 65.3 Å². The molecule has 0 N–H and O–H groups in total. The van der Waals surface area contributed by atoms with Crippen molar-refractivity contribution in [1.29, 1.82) is 0 Å². The molecule has 2 aliphatic rings. The Morgan fingerprint density at radius 3 is 2.37 bits per heavy atom. The standard InChI is InChI=1S/C21H22N4O2/c1-12-5-6-14(3)16(9-12)11-24-19-18(22-23-24)20(26)25(21(19)27)17-8-7-13(2)15(4)10-17/h5-10,18-19H,11H2,1-4H3/t18-,19-/m1/s1. The zero-order chi connectivity index (χ0) is 19.3. The van der Waals surface area contributed by atoms with E-state index in [0.29, 0.717) is 12.2 Å². The Hall–Kier alpha value is -3.02. The molecule has 2 aromatic carbocycles. The van der Waals surface area contributed by atoms with E-state index in [1.165, 1.54) is 4.90 Å². The zero-order valence-electron chi connectivity index (χ0n) is 15.9. The van der Waals surface area contributed by atoms with E-state index in [4.69, 9.17) is 0 Å².